The molecular weight excluding hydrogens is 432 g/mol. The number of alkyl carbamates (subject to hydrolysis) is 1. The molecule has 0 aromatic heterocycles. The predicted molar refractivity (Wildman–Crippen MR) is 126 cm³/mol. The molecule has 0 saturated heterocycles. The average molecular weight is 463 g/mol. The Labute approximate surface area is 198 Å². The molecule has 2 saturated carbocycles. The number of carbonyl (C=O) groups is 3. The Bertz CT molecular complexity index is 1100. The molecule has 34 heavy (non-hydrogen) atoms. The molecule has 3 aliphatic rings. The number of amides is 2. The molecule has 3 aliphatic carbocycles. The zero-order valence-electron chi connectivity index (χ0n) is 19.4. The van der Waals surface area contributed by atoms with Gasteiger partial charge in [-0.3, -0.25) is 9.59 Å². The monoisotopic (exact) mass is 462 g/mol. The van der Waals surface area contributed by atoms with Crippen LogP contribution in [-0.4, -0.2) is 41.8 Å². The van der Waals surface area contributed by atoms with Gasteiger partial charge in [-0.25, -0.2) is 4.79 Å². The normalized spacial score (nSPS) is 25.1. The zero-order valence-corrected chi connectivity index (χ0v) is 19.4. The first-order valence-corrected chi connectivity index (χ1v) is 12.0. The molecular formula is C27H30N2O5. The van der Waals surface area contributed by atoms with Gasteiger partial charge in [-0.2, -0.15) is 0 Å². The van der Waals surface area contributed by atoms with Crippen molar-refractivity contribution in [2.75, 3.05) is 6.61 Å². The lowest BCUT2D eigenvalue weighted by atomic mass is 9.98. The Hall–Kier alpha value is -3.35. The van der Waals surface area contributed by atoms with Gasteiger partial charge in [-0.05, 0) is 53.4 Å². The van der Waals surface area contributed by atoms with Gasteiger partial charge in [0.05, 0.1) is 5.41 Å². The molecule has 2 aromatic carbocycles. The van der Waals surface area contributed by atoms with E-state index in [1.54, 1.807) is 0 Å². The molecule has 0 aliphatic heterocycles. The summed E-state index contributed by atoms with van der Waals surface area (Å²) in [4.78, 5) is 37.2. The maximum absolute atomic E-state index is 12.9. The highest BCUT2D eigenvalue weighted by molar-refractivity contribution is 5.87. The Balaban J connectivity index is 1.20. The summed E-state index contributed by atoms with van der Waals surface area (Å²) >= 11 is 0. The third-order valence-corrected chi connectivity index (χ3v) is 7.75. The Morgan fingerprint density at radius 2 is 1.65 bits per heavy atom. The van der Waals surface area contributed by atoms with Crippen LogP contribution in [0, 0.1) is 17.3 Å². The number of rotatable bonds is 7. The van der Waals surface area contributed by atoms with Crippen LogP contribution in [0.4, 0.5) is 4.79 Å². The number of carboxylic acids is 1. The van der Waals surface area contributed by atoms with Gasteiger partial charge in [0.2, 0.25) is 5.91 Å². The minimum Gasteiger partial charge on any atom is -0.481 e. The van der Waals surface area contributed by atoms with Crippen molar-refractivity contribution < 1.29 is 24.2 Å². The van der Waals surface area contributed by atoms with Crippen molar-refractivity contribution in [2.24, 2.45) is 17.3 Å². The van der Waals surface area contributed by atoms with Crippen LogP contribution < -0.4 is 10.6 Å². The number of hydrogen-bond acceptors (Lipinski definition) is 4. The van der Waals surface area contributed by atoms with Crippen molar-refractivity contribution in [3.63, 3.8) is 0 Å². The van der Waals surface area contributed by atoms with Crippen LogP contribution in [0.25, 0.3) is 11.1 Å². The van der Waals surface area contributed by atoms with Gasteiger partial charge in [0.15, 0.2) is 0 Å². The highest BCUT2D eigenvalue weighted by Gasteiger charge is 2.65. The first kappa shape index (κ1) is 22.4. The van der Waals surface area contributed by atoms with Gasteiger partial charge in [0.1, 0.15) is 12.6 Å². The topological polar surface area (TPSA) is 105 Å². The number of aliphatic carboxylic acids is 1. The summed E-state index contributed by atoms with van der Waals surface area (Å²) in [6.45, 7) is 3.90. The lowest BCUT2D eigenvalue weighted by molar-refractivity contribution is -0.143. The second kappa shape index (κ2) is 8.46. The first-order valence-electron chi connectivity index (χ1n) is 12.0. The maximum Gasteiger partial charge on any atom is 0.407 e. The first-order chi connectivity index (χ1) is 16.3. The van der Waals surface area contributed by atoms with Crippen LogP contribution in [0.5, 0.6) is 0 Å². The molecule has 5 rings (SSSR count). The van der Waals surface area contributed by atoms with Crippen molar-refractivity contribution in [1.82, 2.24) is 10.6 Å². The summed E-state index contributed by atoms with van der Waals surface area (Å²) in [5.74, 6) is -1.13. The van der Waals surface area contributed by atoms with E-state index < -0.39 is 23.5 Å². The quantitative estimate of drug-likeness (QED) is 0.579. The fourth-order valence-corrected chi connectivity index (χ4v) is 5.86. The predicted octanol–water partition coefficient (Wildman–Crippen LogP) is 3.92. The SMILES string of the molecule is CC(C)[C@H](NC(=O)OCC1c2ccccc2-c2ccccc21)C(=O)N[C@@H]1C[C@H]2C[C@@]2(C(=O)O)C1. The third kappa shape index (κ3) is 3.83. The highest BCUT2D eigenvalue weighted by atomic mass is 16.5. The summed E-state index contributed by atoms with van der Waals surface area (Å²) in [6, 6.07) is 15.3. The molecule has 7 heteroatoms. The van der Waals surface area contributed by atoms with Crippen LogP contribution in [-0.2, 0) is 14.3 Å². The smallest absolute Gasteiger partial charge is 0.407 e. The van der Waals surface area contributed by atoms with E-state index in [4.69, 9.17) is 4.74 Å². The Morgan fingerprint density at radius 3 is 2.21 bits per heavy atom. The van der Waals surface area contributed by atoms with Crippen LogP contribution in [0.2, 0.25) is 0 Å². The summed E-state index contributed by atoms with van der Waals surface area (Å²) in [6.07, 6.45) is 1.19. The second-order valence-corrected chi connectivity index (χ2v) is 10.2. The summed E-state index contributed by atoms with van der Waals surface area (Å²) < 4.78 is 5.60. The Kier molecular flexibility index (Phi) is 5.58. The van der Waals surface area contributed by atoms with Crippen molar-refractivity contribution in [3.05, 3.63) is 59.7 Å². The van der Waals surface area contributed by atoms with Crippen LogP contribution in [0.1, 0.15) is 50.2 Å². The van der Waals surface area contributed by atoms with Gasteiger partial charge < -0.3 is 20.5 Å². The second-order valence-electron chi connectivity index (χ2n) is 10.2. The van der Waals surface area contributed by atoms with Gasteiger partial charge in [0.25, 0.3) is 0 Å². The lowest BCUT2D eigenvalue weighted by Crippen LogP contribution is -2.52. The molecule has 0 unspecified atom stereocenters. The molecule has 0 bridgehead atoms. The standard InChI is InChI=1S/C27H30N2O5/c1-15(2)23(24(30)28-17-11-16-12-27(16,13-17)25(31)32)29-26(33)34-14-22-20-9-5-3-7-18(20)19-8-4-6-10-21(19)22/h3-10,15-17,22-23H,11-14H2,1-2H3,(H,28,30)(H,29,33)(H,31,32)/t16-,17+,23-,27+/m0/s1. The van der Waals surface area contributed by atoms with Crippen molar-refractivity contribution in [1.29, 1.82) is 0 Å². The maximum atomic E-state index is 12.9. The zero-order chi connectivity index (χ0) is 24.0. The van der Waals surface area contributed by atoms with Gasteiger partial charge in [0, 0.05) is 12.0 Å². The van der Waals surface area contributed by atoms with E-state index in [0.717, 1.165) is 22.3 Å². The molecule has 2 aromatic rings. The fourth-order valence-electron chi connectivity index (χ4n) is 5.86. The number of carbonyl (C=O) groups excluding carboxylic acids is 2. The van der Waals surface area contributed by atoms with Crippen LogP contribution >= 0.6 is 0 Å². The summed E-state index contributed by atoms with van der Waals surface area (Å²) in [7, 11) is 0. The van der Waals surface area contributed by atoms with E-state index in [1.165, 1.54) is 0 Å². The van der Waals surface area contributed by atoms with E-state index in [1.807, 2.05) is 38.1 Å². The summed E-state index contributed by atoms with van der Waals surface area (Å²) in [5.41, 5.74) is 3.90. The molecule has 2 amide bonds. The average Bonchev–Trinajstić information content (AvgIpc) is 3.25. The lowest BCUT2D eigenvalue weighted by Gasteiger charge is -2.25. The minimum absolute atomic E-state index is 0.0538. The molecule has 0 heterocycles. The van der Waals surface area contributed by atoms with E-state index in [0.29, 0.717) is 19.3 Å². The number of carboxylic acid groups (broad SMARTS) is 1. The molecule has 0 spiro atoms. The van der Waals surface area contributed by atoms with E-state index in [-0.39, 0.29) is 36.3 Å². The minimum atomic E-state index is -0.772. The number of ether oxygens (including phenoxy) is 1. The van der Waals surface area contributed by atoms with Gasteiger partial charge >= 0.3 is 12.1 Å². The van der Waals surface area contributed by atoms with Crippen molar-refractivity contribution in [2.45, 2.75) is 51.1 Å². The molecule has 7 nitrogen and oxygen atoms in total. The van der Waals surface area contributed by atoms with E-state index >= 15 is 0 Å². The molecule has 178 valence electrons. The van der Waals surface area contributed by atoms with E-state index in [2.05, 4.69) is 34.9 Å². The third-order valence-electron chi connectivity index (χ3n) is 7.75. The molecule has 3 N–H and O–H groups in total. The number of nitrogens with one attached hydrogen (secondary N) is 2. The number of benzene rings is 2. The molecule has 2 fully saturated rings. The van der Waals surface area contributed by atoms with Gasteiger partial charge in [-0.15, -0.1) is 0 Å². The highest BCUT2D eigenvalue weighted by Crippen LogP contribution is 2.63. The van der Waals surface area contributed by atoms with Crippen molar-refractivity contribution >= 4 is 18.0 Å². The largest absolute Gasteiger partial charge is 0.481 e. The molecule has 4 atom stereocenters. The number of hydrogen-bond donors (Lipinski definition) is 3. The summed E-state index contributed by atoms with van der Waals surface area (Å²) in [5, 5.41) is 15.2. The van der Waals surface area contributed by atoms with E-state index in [9.17, 15) is 19.5 Å². The Morgan fingerprint density at radius 1 is 1.03 bits per heavy atom. The van der Waals surface area contributed by atoms with Gasteiger partial charge in [-0.1, -0.05) is 62.4 Å². The molecule has 0 radical (unpaired) electrons. The van der Waals surface area contributed by atoms with Crippen LogP contribution in [0.15, 0.2) is 48.5 Å². The van der Waals surface area contributed by atoms with Crippen LogP contribution in [0.3, 0.4) is 0 Å². The van der Waals surface area contributed by atoms with Crippen molar-refractivity contribution in [3.8, 4) is 11.1 Å². The fraction of sp³-hybridized carbons (Fsp3) is 0.444. The number of fused-ring (bicyclic) bond motifs is 4.